The van der Waals surface area contributed by atoms with Gasteiger partial charge in [0.15, 0.2) is 11.4 Å². The van der Waals surface area contributed by atoms with Gasteiger partial charge >= 0.3 is 0 Å². The lowest BCUT2D eigenvalue weighted by Crippen LogP contribution is -2.31. The lowest BCUT2D eigenvalue weighted by atomic mass is 10.2. The van der Waals surface area contributed by atoms with Gasteiger partial charge in [-0.3, -0.25) is 0 Å². The lowest BCUT2D eigenvalue weighted by Gasteiger charge is -2.17. The molecule has 1 N–H and O–H groups in total. The summed E-state index contributed by atoms with van der Waals surface area (Å²) in [5, 5.41) is 4.16. The molecule has 0 atom stereocenters. The summed E-state index contributed by atoms with van der Waals surface area (Å²) in [5.74, 6) is 0.624. The Bertz CT molecular complexity index is 952. The highest BCUT2D eigenvalue weighted by molar-refractivity contribution is 7.88. The average Bonchev–Trinajstić information content (AvgIpc) is 2.93. The van der Waals surface area contributed by atoms with Gasteiger partial charge in [-0.05, 0) is 18.6 Å². The Hall–Kier alpha value is -2.19. The molecule has 3 rings (SSSR count). The average molecular weight is 348 g/mol. The fraction of sp³-hybridized carbons (Fsp3) is 0.375. The Morgan fingerprint density at radius 2 is 2.04 bits per heavy atom. The van der Waals surface area contributed by atoms with Crippen molar-refractivity contribution in [1.82, 2.24) is 14.3 Å². The highest BCUT2D eigenvalue weighted by Crippen LogP contribution is 2.30. The highest BCUT2D eigenvalue weighted by atomic mass is 32.2. The molecule has 7 nitrogen and oxygen atoms in total. The van der Waals surface area contributed by atoms with E-state index in [0.717, 1.165) is 16.5 Å². The molecule has 2 heterocycles. The first-order chi connectivity index (χ1) is 11.5. The number of rotatable bonds is 7. The topological polar surface area (TPSA) is 88.3 Å². The van der Waals surface area contributed by atoms with E-state index in [1.807, 2.05) is 31.2 Å². The number of aromatic nitrogens is 2. The number of nitrogens with zero attached hydrogens (tertiary/aromatic N) is 3. The Morgan fingerprint density at radius 3 is 2.79 bits per heavy atom. The number of para-hydroxylation sites is 1. The van der Waals surface area contributed by atoms with Crippen LogP contribution in [0.5, 0.6) is 0 Å². The number of anilines is 1. The lowest BCUT2D eigenvalue weighted by molar-refractivity contribution is 0.428. The third-order valence-electron chi connectivity index (χ3n) is 3.86. The summed E-state index contributed by atoms with van der Waals surface area (Å²) in [6.07, 6.45) is 3.40. The van der Waals surface area contributed by atoms with Crippen LogP contribution in [0.4, 0.5) is 5.82 Å². The Kier molecular flexibility index (Phi) is 4.68. The molecule has 0 amide bonds. The summed E-state index contributed by atoms with van der Waals surface area (Å²) < 4.78 is 30.4. The van der Waals surface area contributed by atoms with Crippen molar-refractivity contribution in [3.05, 3.63) is 30.6 Å². The van der Waals surface area contributed by atoms with Gasteiger partial charge in [0, 0.05) is 25.0 Å². The van der Waals surface area contributed by atoms with Crippen molar-refractivity contribution in [2.75, 3.05) is 31.2 Å². The first-order valence-electron chi connectivity index (χ1n) is 7.82. The van der Waals surface area contributed by atoms with Gasteiger partial charge in [0.1, 0.15) is 17.4 Å². The van der Waals surface area contributed by atoms with Crippen LogP contribution < -0.4 is 5.32 Å². The summed E-state index contributed by atoms with van der Waals surface area (Å²) >= 11 is 0. The van der Waals surface area contributed by atoms with Gasteiger partial charge in [-0.2, -0.15) is 0 Å². The number of furan rings is 1. The van der Waals surface area contributed by atoms with Gasteiger partial charge in [0.25, 0.3) is 0 Å². The molecule has 0 bridgehead atoms. The van der Waals surface area contributed by atoms with Crippen molar-refractivity contribution in [3.63, 3.8) is 0 Å². The zero-order chi connectivity index (χ0) is 17.2. The first-order valence-corrected chi connectivity index (χ1v) is 9.66. The van der Waals surface area contributed by atoms with Crippen LogP contribution in [0, 0.1) is 0 Å². The summed E-state index contributed by atoms with van der Waals surface area (Å²) in [7, 11) is -3.15. The molecule has 0 saturated carbocycles. The van der Waals surface area contributed by atoms with E-state index in [2.05, 4.69) is 15.3 Å². The minimum Gasteiger partial charge on any atom is -0.450 e. The quantitative estimate of drug-likeness (QED) is 0.660. The van der Waals surface area contributed by atoms with Gasteiger partial charge < -0.3 is 9.73 Å². The number of hydrogen-bond acceptors (Lipinski definition) is 6. The number of sulfonamides is 1. The molecule has 1 aromatic carbocycles. The second-order valence-electron chi connectivity index (χ2n) is 5.53. The molecule has 0 fully saturated rings. The summed E-state index contributed by atoms with van der Waals surface area (Å²) in [6, 6.07) is 7.71. The predicted molar refractivity (Wildman–Crippen MR) is 94.5 cm³/mol. The van der Waals surface area contributed by atoms with Crippen LogP contribution in [-0.2, 0) is 10.0 Å². The van der Waals surface area contributed by atoms with E-state index >= 15 is 0 Å². The molecule has 128 valence electrons. The minimum atomic E-state index is -3.15. The Labute approximate surface area is 140 Å². The van der Waals surface area contributed by atoms with Gasteiger partial charge in [0.05, 0.1) is 6.26 Å². The number of fused-ring (bicyclic) bond motifs is 3. The molecule has 0 unspecified atom stereocenters. The fourth-order valence-electron chi connectivity index (χ4n) is 2.67. The van der Waals surface area contributed by atoms with Crippen LogP contribution in [0.3, 0.4) is 0 Å². The molecule has 2 aromatic heterocycles. The normalized spacial score (nSPS) is 12.3. The maximum atomic E-state index is 11.6. The van der Waals surface area contributed by atoms with Crippen molar-refractivity contribution >= 4 is 37.9 Å². The molecular formula is C16H20N4O3S. The van der Waals surface area contributed by atoms with Crippen molar-refractivity contribution in [3.8, 4) is 0 Å². The predicted octanol–water partition coefficient (Wildman–Crippen LogP) is 2.46. The smallest absolute Gasteiger partial charge is 0.211 e. The largest absolute Gasteiger partial charge is 0.450 e. The molecule has 0 saturated heterocycles. The maximum Gasteiger partial charge on any atom is 0.211 e. The second kappa shape index (κ2) is 6.74. The van der Waals surface area contributed by atoms with E-state index in [9.17, 15) is 8.42 Å². The molecule has 3 aromatic rings. The zero-order valence-corrected chi connectivity index (χ0v) is 14.5. The second-order valence-corrected chi connectivity index (χ2v) is 7.52. The van der Waals surface area contributed by atoms with Gasteiger partial charge in [-0.15, -0.1) is 0 Å². The van der Waals surface area contributed by atoms with Crippen LogP contribution in [0.1, 0.15) is 13.3 Å². The van der Waals surface area contributed by atoms with Crippen molar-refractivity contribution in [2.24, 2.45) is 0 Å². The maximum absolute atomic E-state index is 11.6. The van der Waals surface area contributed by atoms with Crippen molar-refractivity contribution < 1.29 is 12.8 Å². The zero-order valence-electron chi connectivity index (χ0n) is 13.7. The summed E-state index contributed by atoms with van der Waals surface area (Å²) in [4.78, 5) is 8.54. The molecule has 0 spiro atoms. The molecule has 0 aliphatic rings. The standard InChI is InChI=1S/C16H20N4O3S/c1-3-20(24(2,21)22)10-6-9-17-16-15-14(18-11-19-16)12-7-4-5-8-13(12)23-15/h4-5,7-8,11H,3,6,9-10H2,1-2H3,(H,17,18,19). The Morgan fingerprint density at radius 1 is 1.25 bits per heavy atom. The van der Waals surface area contributed by atoms with Crippen LogP contribution in [0.25, 0.3) is 22.1 Å². The van der Waals surface area contributed by atoms with Crippen molar-refractivity contribution in [1.29, 1.82) is 0 Å². The molecule has 0 aliphatic carbocycles. The van der Waals surface area contributed by atoms with Crippen molar-refractivity contribution in [2.45, 2.75) is 13.3 Å². The van der Waals surface area contributed by atoms with Crippen LogP contribution in [0.2, 0.25) is 0 Å². The molecule has 0 radical (unpaired) electrons. The third kappa shape index (κ3) is 3.34. The SMILES string of the molecule is CCN(CCCNc1ncnc2c1oc1ccccc12)S(C)(=O)=O. The molecule has 8 heteroatoms. The number of nitrogens with one attached hydrogen (secondary N) is 1. The summed E-state index contributed by atoms with van der Waals surface area (Å²) in [6.45, 7) is 3.36. The van der Waals surface area contributed by atoms with Crippen LogP contribution in [0.15, 0.2) is 35.0 Å². The number of benzene rings is 1. The minimum absolute atomic E-state index is 0.469. The van der Waals surface area contributed by atoms with Gasteiger partial charge in [-0.25, -0.2) is 22.7 Å². The van der Waals surface area contributed by atoms with E-state index in [1.54, 1.807) is 0 Å². The van der Waals surface area contributed by atoms with Crippen LogP contribution >= 0.6 is 0 Å². The van der Waals surface area contributed by atoms with E-state index in [4.69, 9.17) is 4.42 Å². The third-order valence-corrected chi connectivity index (χ3v) is 5.24. The summed E-state index contributed by atoms with van der Waals surface area (Å²) in [5.41, 5.74) is 2.16. The van der Waals surface area contributed by atoms with Crippen LogP contribution in [-0.4, -0.2) is 48.6 Å². The van der Waals surface area contributed by atoms with E-state index < -0.39 is 10.0 Å². The monoisotopic (exact) mass is 348 g/mol. The first kappa shape index (κ1) is 16.7. The molecule has 0 aliphatic heterocycles. The number of hydrogen-bond donors (Lipinski definition) is 1. The van der Waals surface area contributed by atoms with Gasteiger partial charge in [0.2, 0.25) is 10.0 Å². The van der Waals surface area contributed by atoms with E-state index in [1.165, 1.54) is 16.9 Å². The Balaban J connectivity index is 1.72. The van der Waals surface area contributed by atoms with E-state index in [0.29, 0.717) is 37.5 Å². The van der Waals surface area contributed by atoms with E-state index in [-0.39, 0.29) is 0 Å². The van der Waals surface area contributed by atoms with Gasteiger partial charge in [-0.1, -0.05) is 19.1 Å². The molecular weight excluding hydrogens is 328 g/mol. The fourth-order valence-corrected chi connectivity index (χ4v) is 3.60. The highest BCUT2D eigenvalue weighted by Gasteiger charge is 2.14. The molecule has 24 heavy (non-hydrogen) atoms.